The summed E-state index contributed by atoms with van der Waals surface area (Å²) >= 11 is 5.03. The molecule has 0 radical (unpaired) electrons. The summed E-state index contributed by atoms with van der Waals surface area (Å²) in [7, 11) is 0. The second-order valence-corrected chi connectivity index (χ2v) is 5.56. The number of hydrogen-bond acceptors (Lipinski definition) is 2. The van der Waals surface area contributed by atoms with Crippen LogP contribution in [0.2, 0.25) is 0 Å². The van der Waals surface area contributed by atoms with Crippen LogP contribution in [0.15, 0.2) is 42.5 Å². The maximum atomic E-state index is 13.2. The second kappa shape index (κ2) is 4.78. The normalized spacial score (nSPS) is 11.0. The van der Waals surface area contributed by atoms with Gasteiger partial charge in [0.15, 0.2) is 0 Å². The highest BCUT2D eigenvalue weighted by atomic mass is 79.9. The van der Waals surface area contributed by atoms with Crippen LogP contribution in [0, 0.1) is 5.82 Å². The van der Waals surface area contributed by atoms with Crippen molar-refractivity contribution in [3.63, 3.8) is 0 Å². The highest BCUT2D eigenvalue weighted by molar-refractivity contribution is 9.08. The quantitative estimate of drug-likeness (QED) is 0.605. The van der Waals surface area contributed by atoms with Crippen LogP contribution in [-0.4, -0.2) is 4.98 Å². The maximum absolute atomic E-state index is 13.2. The minimum absolute atomic E-state index is 0.229. The molecule has 3 aromatic rings. The lowest BCUT2D eigenvalue weighted by Crippen LogP contribution is -1.78. The monoisotopic (exact) mass is 321 g/mol. The molecule has 1 aromatic heterocycles. The summed E-state index contributed by atoms with van der Waals surface area (Å²) in [6.07, 6.45) is 0. The fraction of sp³-hybridized carbons (Fsp3) is 0.0714. The van der Waals surface area contributed by atoms with Crippen LogP contribution in [0.4, 0.5) is 4.39 Å². The molecule has 0 fully saturated rings. The second-order valence-electron chi connectivity index (χ2n) is 3.97. The van der Waals surface area contributed by atoms with Gasteiger partial charge in [0.25, 0.3) is 0 Å². The van der Waals surface area contributed by atoms with Gasteiger partial charge < -0.3 is 0 Å². The lowest BCUT2D eigenvalue weighted by molar-refractivity contribution is 0.628. The summed E-state index contributed by atoms with van der Waals surface area (Å²) in [4.78, 5) is 4.54. The van der Waals surface area contributed by atoms with Gasteiger partial charge in [-0.2, -0.15) is 0 Å². The van der Waals surface area contributed by atoms with Gasteiger partial charge in [-0.1, -0.05) is 34.1 Å². The first kappa shape index (κ1) is 11.8. The summed E-state index contributed by atoms with van der Waals surface area (Å²) in [6.45, 7) is 0. The molecule has 0 bridgehead atoms. The van der Waals surface area contributed by atoms with Crippen molar-refractivity contribution in [3.05, 3.63) is 53.8 Å². The van der Waals surface area contributed by atoms with Gasteiger partial charge in [-0.15, -0.1) is 11.3 Å². The lowest BCUT2D eigenvalue weighted by atomic mass is 10.2. The molecule has 1 heterocycles. The van der Waals surface area contributed by atoms with E-state index in [1.54, 1.807) is 17.4 Å². The van der Waals surface area contributed by atoms with E-state index < -0.39 is 0 Å². The van der Waals surface area contributed by atoms with E-state index in [0.717, 1.165) is 26.1 Å². The molecule has 0 saturated carbocycles. The van der Waals surface area contributed by atoms with E-state index in [1.807, 2.05) is 18.2 Å². The number of alkyl halides is 1. The van der Waals surface area contributed by atoms with Gasteiger partial charge in [-0.25, -0.2) is 9.37 Å². The van der Waals surface area contributed by atoms with Crippen molar-refractivity contribution in [2.75, 3.05) is 0 Å². The van der Waals surface area contributed by atoms with Gasteiger partial charge in [-0.05, 0) is 29.8 Å². The predicted octanol–water partition coefficient (Wildman–Crippen LogP) is 5.00. The zero-order valence-corrected chi connectivity index (χ0v) is 11.8. The standard InChI is InChI=1S/C14H9BrFNS/c15-8-9-4-5-12-13(6-9)18-14(17-12)10-2-1-3-11(16)7-10/h1-7H,8H2. The summed E-state index contributed by atoms with van der Waals surface area (Å²) < 4.78 is 14.3. The molecule has 0 aliphatic rings. The summed E-state index contributed by atoms with van der Waals surface area (Å²) in [6, 6.07) is 12.7. The third kappa shape index (κ3) is 2.18. The maximum Gasteiger partial charge on any atom is 0.124 e. The Bertz CT molecular complexity index is 708. The summed E-state index contributed by atoms with van der Waals surface area (Å²) in [5.41, 5.74) is 3.01. The Balaban J connectivity index is 2.13. The first-order chi connectivity index (χ1) is 8.76. The van der Waals surface area contributed by atoms with Crippen LogP contribution in [0.5, 0.6) is 0 Å². The number of hydrogen-bond donors (Lipinski definition) is 0. The number of thiazole rings is 1. The van der Waals surface area contributed by atoms with E-state index in [-0.39, 0.29) is 5.82 Å². The number of benzene rings is 2. The fourth-order valence-electron chi connectivity index (χ4n) is 1.80. The zero-order valence-electron chi connectivity index (χ0n) is 9.36. The molecule has 1 nitrogen and oxygen atoms in total. The van der Waals surface area contributed by atoms with E-state index in [1.165, 1.54) is 17.7 Å². The smallest absolute Gasteiger partial charge is 0.124 e. The highest BCUT2D eigenvalue weighted by Gasteiger charge is 2.07. The van der Waals surface area contributed by atoms with Crippen molar-refractivity contribution in [1.29, 1.82) is 0 Å². The molecule has 90 valence electrons. The predicted molar refractivity (Wildman–Crippen MR) is 77.6 cm³/mol. The molecule has 0 unspecified atom stereocenters. The molecular weight excluding hydrogens is 313 g/mol. The number of nitrogens with zero attached hydrogens (tertiary/aromatic N) is 1. The topological polar surface area (TPSA) is 12.9 Å². The van der Waals surface area contributed by atoms with E-state index in [0.29, 0.717) is 0 Å². The average molecular weight is 322 g/mol. The van der Waals surface area contributed by atoms with Crippen molar-refractivity contribution < 1.29 is 4.39 Å². The fourth-order valence-corrected chi connectivity index (χ4v) is 3.17. The van der Waals surface area contributed by atoms with Crippen molar-refractivity contribution in [3.8, 4) is 10.6 Å². The molecule has 0 N–H and O–H groups in total. The van der Waals surface area contributed by atoms with Crippen molar-refractivity contribution in [2.24, 2.45) is 0 Å². The first-order valence-corrected chi connectivity index (χ1v) is 7.41. The van der Waals surface area contributed by atoms with E-state index in [9.17, 15) is 4.39 Å². The molecule has 3 rings (SSSR count). The van der Waals surface area contributed by atoms with Gasteiger partial charge >= 0.3 is 0 Å². The Labute approximate surface area is 116 Å². The van der Waals surface area contributed by atoms with Crippen molar-refractivity contribution in [1.82, 2.24) is 4.98 Å². The van der Waals surface area contributed by atoms with Crippen LogP contribution < -0.4 is 0 Å². The Kier molecular flexibility index (Phi) is 3.14. The van der Waals surface area contributed by atoms with Gasteiger partial charge in [0.2, 0.25) is 0 Å². The van der Waals surface area contributed by atoms with Gasteiger partial charge in [0.1, 0.15) is 10.8 Å². The largest absolute Gasteiger partial charge is 0.236 e. The number of aromatic nitrogens is 1. The van der Waals surface area contributed by atoms with Crippen LogP contribution >= 0.6 is 27.3 Å². The minimum Gasteiger partial charge on any atom is -0.236 e. The van der Waals surface area contributed by atoms with Gasteiger partial charge in [-0.3, -0.25) is 0 Å². The van der Waals surface area contributed by atoms with Crippen molar-refractivity contribution in [2.45, 2.75) is 5.33 Å². The highest BCUT2D eigenvalue weighted by Crippen LogP contribution is 2.31. The van der Waals surface area contributed by atoms with Crippen LogP contribution in [0.1, 0.15) is 5.56 Å². The Morgan fingerprint density at radius 1 is 1.17 bits per heavy atom. The third-order valence-electron chi connectivity index (χ3n) is 2.68. The zero-order chi connectivity index (χ0) is 12.5. The number of halogens is 2. The van der Waals surface area contributed by atoms with E-state index in [2.05, 4.69) is 27.0 Å². The van der Waals surface area contributed by atoms with Gasteiger partial charge in [0, 0.05) is 10.9 Å². The van der Waals surface area contributed by atoms with Crippen LogP contribution in [0.3, 0.4) is 0 Å². The van der Waals surface area contributed by atoms with Crippen LogP contribution in [0.25, 0.3) is 20.8 Å². The molecular formula is C14H9BrFNS. The van der Waals surface area contributed by atoms with Crippen molar-refractivity contribution >= 4 is 37.5 Å². The molecule has 4 heteroatoms. The molecule has 18 heavy (non-hydrogen) atoms. The molecule has 0 atom stereocenters. The molecule has 2 aromatic carbocycles. The third-order valence-corrected chi connectivity index (χ3v) is 4.39. The van der Waals surface area contributed by atoms with E-state index in [4.69, 9.17) is 0 Å². The molecule has 0 spiro atoms. The Morgan fingerprint density at radius 2 is 2.06 bits per heavy atom. The molecule has 0 saturated heterocycles. The Hall–Kier alpha value is -1.26. The number of rotatable bonds is 2. The summed E-state index contributed by atoms with van der Waals surface area (Å²) in [5, 5.41) is 1.69. The first-order valence-electron chi connectivity index (χ1n) is 5.47. The Morgan fingerprint density at radius 3 is 2.83 bits per heavy atom. The van der Waals surface area contributed by atoms with Crippen LogP contribution in [-0.2, 0) is 5.33 Å². The molecule has 0 aliphatic heterocycles. The number of fused-ring (bicyclic) bond motifs is 1. The summed E-state index contributed by atoms with van der Waals surface area (Å²) in [5.74, 6) is -0.229. The lowest BCUT2D eigenvalue weighted by Gasteiger charge is -1.94. The minimum atomic E-state index is -0.229. The molecule has 0 amide bonds. The van der Waals surface area contributed by atoms with Gasteiger partial charge in [0.05, 0.1) is 10.2 Å². The molecule has 0 aliphatic carbocycles. The average Bonchev–Trinajstić information content (AvgIpc) is 2.81. The SMILES string of the molecule is Fc1cccc(-c2nc3ccc(CBr)cc3s2)c1. The van der Waals surface area contributed by atoms with E-state index >= 15 is 0 Å².